The summed E-state index contributed by atoms with van der Waals surface area (Å²) in [6.07, 6.45) is 5.56. The van der Waals surface area contributed by atoms with Crippen LogP contribution in [-0.4, -0.2) is 49.1 Å². The molecule has 9 nitrogen and oxygen atoms in total. The molecule has 0 amide bonds. The smallest absolute Gasteiger partial charge is 0.121 e. The number of aromatic nitrogens is 6. The number of aromatic amines is 1. The summed E-state index contributed by atoms with van der Waals surface area (Å²) in [6, 6.07) is 62.4. The van der Waals surface area contributed by atoms with Crippen molar-refractivity contribution in [2.75, 3.05) is 14.2 Å². The summed E-state index contributed by atoms with van der Waals surface area (Å²) in [4.78, 5) is 0. The van der Waals surface area contributed by atoms with Crippen molar-refractivity contribution in [3.8, 4) is 50.9 Å². The van der Waals surface area contributed by atoms with Gasteiger partial charge in [0.05, 0.1) is 60.7 Å². The summed E-state index contributed by atoms with van der Waals surface area (Å²) in [7, 11) is 3.35. The number of phenols is 1. The van der Waals surface area contributed by atoms with Crippen molar-refractivity contribution in [1.29, 1.82) is 0 Å². The molecule has 0 spiro atoms. The fraction of sp³-hybridized carbons (Fsp3) is 0.0556. The van der Waals surface area contributed by atoms with Gasteiger partial charge in [0.15, 0.2) is 0 Å². The average molecular weight is 906 g/mol. The third kappa shape index (κ3) is 10.4. The molecule has 8 aromatic carbocycles. The van der Waals surface area contributed by atoms with E-state index in [0.717, 1.165) is 60.1 Å². The van der Waals surface area contributed by atoms with Crippen molar-refractivity contribution in [3.05, 3.63) is 217 Å². The number of fused-ring (bicyclic) bond motifs is 3. The fourth-order valence-corrected chi connectivity index (χ4v) is 7.50. The highest BCUT2D eigenvalue weighted by Gasteiger charge is 2.09. The van der Waals surface area contributed by atoms with Gasteiger partial charge in [-0.1, -0.05) is 113 Å². The molecule has 0 saturated carbocycles. The Bertz CT molecular complexity index is 3250. The number of aryl methyl sites for hydroxylation is 1. The van der Waals surface area contributed by atoms with Crippen LogP contribution in [0.4, 0.5) is 0 Å². The van der Waals surface area contributed by atoms with Crippen molar-refractivity contribution >= 4 is 48.6 Å². The summed E-state index contributed by atoms with van der Waals surface area (Å²) >= 11 is 3.38. The van der Waals surface area contributed by atoms with Crippen LogP contribution in [0.1, 0.15) is 5.56 Å². The highest BCUT2D eigenvalue weighted by Crippen LogP contribution is 2.28. The molecular weight excluding hydrogens is 861 g/mol. The molecule has 0 radical (unpaired) electrons. The van der Waals surface area contributed by atoms with E-state index in [0.29, 0.717) is 0 Å². The molecule has 11 rings (SSSR count). The van der Waals surface area contributed by atoms with Crippen molar-refractivity contribution in [1.82, 2.24) is 29.8 Å². The Kier molecular flexibility index (Phi) is 13.5. The van der Waals surface area contributed by atoms with Gasteiger partial charge in [-0.3, -0.25) is 5.10 Å². The summed E-state index contributed by atoms with van der Waals surface area (Å²) in [5.74, 6) is 1.99. The van der Waals surface area contributed by atoms with E-state index < -0.39 is 0 Å². The highest BCUT2D eigenvalue weighted by molar-refractivity contribution is 9.10. The number of phenolic OH excluding ortho intramolecular Hbond substituents is 1. The number of halogens is 1. The number of benzene rings is 8. The third-order valence-electron chi connectivity index (χ3n) is 10.3. The fourth-order valence-electron chi connectivity index (χ4n) is 7.12. The summed E-state index contributed by atoms with van der Waals surface area (Å²) in [6.45, 7) is 2.04. The molecule has 0 unspecified atom stereocenters. The van der Waals surface area contributed by atoms with E-state index in [4.69, 9.17) is 9.47 Å². The molecule has 10 heteroatoms. The molecule has 0 aliphatic rings. The first-order chi connectivity index (χ1) is 31.3. The summed E-state index contributed by atoms with van der Waals surface area (Å²) in [5.41, 5.74) is 11.0. The van der Waals surface area contributed by atoms with Crippen molar-refractivity contribution in [2.24, 2.45) is 0 Å². The number of aromatic hydroxyl groups is 1. The van der Waals surface area contributed by atoms with Gasteiger partial charge in [0.2, 0.25) is 0 Å². The van der Waals surface area contributed by atoms with Gasteiger partial charge in [-0.25, -0.2) is 9.36 Å². The van der Waals surface area contributed by atoms with E-state index in [9.17, 15) is 5.11 Å². The average Bonchev–Trinajstić information content (AvgIpc) is 4.11. The number of hydrogen-bond donors (Lipinski definition) is 2. The van der Waals surface area contributed by atoms with Crippen molar-refractivity contribution in [2.45, 2.75) is 6.92 Å². The van der Waals surface area contributed by atoms with Crippen LogP contribution < -0.4 is 9.47 Å². The molecule has 0 aliphatic carbocycles. The van der Waals surface area contributed by atoms with Gasteiger partial charge >= 0.3 is 0 Å². The van der Waals surface area contributed by atoms with Crippen LogP contribution in [0.2, 0.25) is 0 Å². The van der Waals surface area contributed by atoms with Crippen LogP contribution in [0.5, 0.6) is 17.2 Å². The SMILES string of the molecule is Brc1ccc2[nH]ncc2c1.COc1cccc(-n2ncc3cc(-c4ccccc4)ccc32)c1.COc1cccc(C)c1.Oc1cccc(-n2ncc3cc(-c4ccccc4)ccc32)c1. The molecule has 11 aromatic rings. The Balaban J connectivity index is 0.000000126. The molecule has 0 saturated heterocycles. The zero-order valence-electron chi connectivity index (χ0n) is 35.5. The first-order valence-electron chi connectivity index (χ1n) is 20.5. The number of nitrogens with zero attached hydrogens (tertiary/aromatic N) is 5. The predicted molar refractivity (Wildman–Crippen MR) is 263 cm³/mol. The molecule has 0 bridgehead atoms. The van der Waals surface area contributed by atoms with Gasteiger partial charge in [0.1, 0.15) is 17.2 Å². The zero-order valence-corrected chi connectivity index (χ0v) is 37.1. The standard InChI is InChI=1S/C20H16N2O.C19H14N2O.C8H10O.C7H5BrN2/c1-23-19-9-5-8-18(13-19)22-20-11-10-16(12-17(20)14-21-22)15-6-3-2-4-7-15;22-18-8-4-7-17(12-18)21-19-10-9-15(11-16(19)13-20-21)14-5-2-1-3-6-14;1-7-4-3-5-8(6-7)9-2;8-6-1-2-7-5(3-6)4-9-10-7/h2-14H,1H3;1-13,22H;3-6H,1-2H3;1-4H,(H,9,10). The number of hydrogen-bond acceptors (Lipinski definition) is 6. The molecule has 3 aromatic heterocycles. The van der Waals surface area contributed by atoms with Crippen LogP contribution in [0.15, 0.2) is 211 Å². The Morgan fingerprint density at radius 3 is 1.58 bits per heavy atom. The normalized spacial score (nSPS) is 10.6. The van der Waals surface area contributed by atoms with E-state index in [2.05, 4.69) is 109 Å². The molecule has 316 valence electrons. The Hall–Kier alpha value is -7.95. The van der Waals surface area contributed by atoms with Crippen LogP contribution in [-0.2, 0) is 0 Å². The Labute approximate surface area is 379 Å². The Morgan fingerprint density at radius 1 is 0.484 bits per heavy atom. The van der Waals surface area contributed by atoms with Gasteiger partial charge in [-0.05, 0) is 114 Å². The van der Waals surface area contributed by atoms with Crippen molar-refractivity contribution < 1.29 is 14.6 Å². The maximum Gasteiger partial charge on any atom is 0.121 e. The number of methoxy groups -OCH3 is 2. The van der Waals surface area contributed by atoms with Crippen LogP contribution in [0.25, 0.3) is 66.3 Å². The molecule has 64 heavy (non-hydrogen) atoms. The largest absolute Gasteiger partial charge is 0.508 e. The molecule has 3 heterocycles. The minimum atomic E-state index is 0.238. The summed E-state index contributed by atoms with van der Waals surface area (Å²) in [5, 5.41) is 28.7. The molecular formula is C54H45BrN6O3. The lowest BCUT2D eigenvalue weighted by atomic mass is 10.0. The zero-order chi connectivity index (χ0) is 44.3. The Morgan fingerprint density at radius 2 is 1.03 bits per heavy atom. The van der Waals surface area contributed by atoms with Gasteiger partial charge in [0, 0.05) is 32.8 Å². The van der Waals surface area contributed by atoms with Crippen molar-refractivity contribution in [3.63, 3.8) is 0 Å². The number of rotatable bonds is 6. The van der Waals surface area contributed by atoms with Gasteiger partial charge in [-0.2, -0.15) is 15.3 Å². The van der Waals surface area contributed by atoms with Gasteiger partial charge in [0.25, 0.3) is 0 Å². The maximum atomic E-state index is 9.64. The van der Waals surface area contributed by atoms with Crippen LogP contribution in [0.3, 0.4) is 0 Å². The van der Waals surface area contributed by atoms with E-state index >= 15 is 0 Å². The number of nitrogens with one attached hydrogen (secondary N) is 1. The maximum absolute atomic E-state index is 9.64. The third-order valence-corrected chi connectivity index (χ3v) is 10.8. The monoisotopic (exact) mass is 904 g/mol. The lowest BCUT2D eigenvalue weighted by Crippen LogP contribution is -1.96. The molecule has 0 fully saturated rings. The van der Waals surface area contributed by atoms with E-state index in [-0.39, 0.29) is 5.75 Å². The molecule has 0 atom stereocenters. The lowest BCUT2D eigenvalue weighted by Gasteiger charge is -2.07. The highest BCUT2D eigenvalue weighted by atomic mass is 79.9. The first kappa shape index (κ1) is 42.7. The lowest BCUT2D eigenvalue weighted by molar-refractivity contribution is 0.414. The first-order valence-corrected chi connectivity index (χ1v) is 21.3. The van der Waals surface area contributed by atoms with E-state index in [1.807, 2.05) is 132 Å². The van der Waals surface area contributed by atoms with Crippen LogP contribution in [0, 0.1) is 6.92 Å². The second-order valence-electron chi connectivity index (χ2n) is 14.7. The summed E-state index contributed by atoms with van der Waals surface area (Å²) < 4.78 is 15.2. The second kappa shape index (κ2) is 20.3. The number of ether oxygens (including phenoxy) is 2. The van der Waals surface area contributed by atoms with Gasteiger partial charge in [-0.15, -0.1) is 0 Å². The quantitative estimate of drug-likeness (QED) is 0.172. The topological polar surface area (TPSA) is 103 Å². The predicted octanol–water partition coefficient (Wildman–Crippen LogP) is 13.4. The number of H-pyrrole nitrogens is 1. The molecule has 2 N–H and O–H groups in total. The van der Waals surface area contributed by atoms with Crippen LogP contribution >= 0.6 is 15.9 Å². The minimum Gasteiger partial charge on any atom is -0.508 e. The second-order valence-corrected chi connectivity index (χ2v) is 15.7. The molecule has 0 aliphatic heterocycles. The van der Waals surface area contributed by atoms with Gasteiger partial charge < -0.3 is 14.6 Å². The van der Waals surface area contributed by atoms with E-state index in [1.165, 1.54) is 27.8 Å². The van der Waals surface area contributed by atoms with E-state index in [1.54, 1.807) is 32.5 Å². The minimum absolute atomic E-state index is 0.238.